The number of nitrogens with two attached hydrogens (primary N) is 1. The van der Waals surface area contributed by atoms with Crippen molar-refractivity contribution >= 4 is 34.9 Å². The topological polar surface area (TPSA) is 66.0 Å². The van der Waals surface area contributed by atoms with Crippen LogP contribution in [0.1, 0.15) is 24.1 Å². The van der Waals surface area contributed by atoms with E-state index < -0.39 is 0 Å². The van der Waals surface area contributed by atoms with Crippen molar-refractivity contribution in [2.24, 2.45) is 5.73 Å². The Hall–Kier alpha value is -1.78. The predicted molar refractivity (Wildman–Crippen MR) is 88.5 cm³/mol. The van der Waals surface area contributed by atoms with Crippen LogP contribution in [0.2, 0.25) is 10.0 Å². The third-order valence-corrected chi connectivity index (χ3v) is 4.01. The maximum Gasteiger partial charge on any atom is 0.148 e. The lowest BCUT2D eigenvalue weighted by molar-refractivity contribution is 0.729. The van der Waals surface area contributed by atoms with E-state index in [1.54, 1.807) is 12.3 Å². The minimum absolute atomic E-state index is 0.0240. The molecule has 2 aromatic rings. The fourth-order valence-corrected chi connectivity index (χ4v) is 2.61. The van der Waals surface area contributed by atoms with E-state index in [4.69, 9.17) is 34.3 Å². The molecule has 0 aliphatic rings. The molecule has 21 heavy (non-hydrogen) atoms. The van der Waals surface area contributed by atoms with Gasteiger partial charge in [0.2, 0.25) is 0 Å². The van der Waals surface area contributed by atoms with Gasteiger partial charge in [-0.05, 0) is 30.7 Å². The van der Waals surface area contributed by atoms with Gasteiger partial charge in [0.15, 0.2) is 0 Å². The Kier molecular flexibility index (Phi) is 4.70. The van der Waals surface area contributed by atoms with Crippen molar-refractivity contribution in [2.45, 2.75) is 13.0 Å². The summed E-state index contributed by atoms with van der Waals surface area (Å²) in [5.41, 5.74) is 7.06. The largest absolute Gasteiger partial charge is 0.384 e. The molecule has 0 saturated heterocycles. The third kappa shape index (κ3) is 3.28. The number of nitrogens with one attached hydrogen (secondary N) is 1. The van der Waals surface area contributed by atoms with Crippen LogP contribution in [0.5, 0.6) is 0 Å². The van der Waals surface area contributed by atoms with E-state index in [1.165, 1.54) is 0 Å². The number of benzene rings is 1. The molecule has 1 atom stereocenters. The van der Waals surface area contributed by atoms with Crippen LogP contribution in [0.25, 0.3) is 0 Å². The molecule has 110 valence electrons. The predicted octanol–water partition coefficient (Wildman–Crippen LogP) is 3.87. The average molecular weight is 323 g/mol. The van der Waals surface area contributed by atoms with Gasteiger partial charge in [-0.3, -0.25) is 5.41 Å². The molecule has 0 radical (unpaired) electrons. The van der Waals surface area contributed by atoms with Crippen molar-refractivity contribution in [1.82, 2.24) is 4.98 Å². The molecule has 0 fully saturated rings. The maximum absolute atomic E-state index is 7.54. The van der Waals surface area contributed by atoms with Crippen LogP contribution >= 0.6 is 23.2 Å². The molecule has 3 N–H and O–H groups in total. The Morgan fingerprint density at radius 1 is 1.33 bits per heavy atom. The van der Waals surface area contributed by atoms with Gasteiger partial charge >= 0.3 is 0 Å². The average Bonchev–Trinajstić information content (AvgIpc) is 2.45. The van der Waals surface area contributed by atoms with Crippen molar-refractivity contribution in [3.8, 4) is 0 Å². The molecular weight excluding hydrogens is 307 g/mol. The molecule has 2 rings (SSSR count). The smallest absolute Gasteiger partial charge is 0.148 e. The molecular formula is C15H16Cl2N4. The van der Waals surface area contributed by atoms with Gasteiger partial charge in [-0.2, -0.15) is 0 Å². The summed E-state index contributed by atoms with van der Waals surface area (Å²) in [6.07, 6.45) is 1.60. The van der Waals surface area contributed by atoms with Crippen molar-refractivity contribution in [1.29, 1.82) is 5.41 Å². The van der Waals surface area contributed by atoms with Gasteiger partial charge in [0.1, 0.15) is 11.7 Å². The first-order chi connectivity index (χ1) is 9.91. The number of hydrogen-bond donors (Lipinski definition) is 2. The van der Waals surface area contributed by atoms with Crippen molar-refractivity contribution in [3.05, 3.63) is 57.7 Å². The summed E-state index contributed by atoms with van der Waals surface area (Å²) in [5.74, 6) is 0.504. The molecule has 0 aliphatic carbocycles. The van der Waals surface area contributed by atoms with Crippen LogP contribution < -0.4 is 10.6 Å². The lowest BCUT2D eigenvalue weighted by Gasteiger charge is -2.27. The van der Waals surface area contributed by atoms with Crippen LogP contribution in [-0.4, -0.2) is 17.9 Å². The van der Waals surface area contributed by atoms with Crippen LogP contribution in [0.3, 0.4) is 0 Å². The highest BCUT2D eigenvalue weighted by molar-refractivity contribution is 6.36. The van der Waals surface area contributed by atoms with Crippen LogP contribution in [-0.2, 0) is 0 Å². The van der Waals surface area contributed by atoms with Crippen LogP contribution in [0, 0.1) is 5.41 Å². The summed E-state index contributed by atoms with van der Waals surface area (Å²) in [5, 5.41) is 8.60. The van der Waals surface area contributed by atoms with Crippen molar-refractivity contribution < 1.29 is 0 Å². The molecule has 1 aromatic heterocycles. The SMILES string of the molecule is CC(c1cccc(Cl)c1)N(C)c1nccc(C(=N)N)c1Cl. The zero-order valence-electron chi connectivity index (χ0n) is 11.8. The summed E-state index contributed by atoms with van der Waals surface area (Å²) < 4.78 is 0. The Morgan fingerprint density at radius 2 is 2.05 bits per heavy atom. The second kappa shape index (κ2) is 6.33. The number of nitrogens with zero attached hydrogens (tertiary/aromatic N) is 2. The fourth-order valence-electron chi connectivity index (χ4n) is 2.06. The molecule has 6 heteroatoms. The van der Waals surface area contributed by atoms with Gasteiger partial charge in [0.05, 0.1) is 11.1 Å². The quantitative estimate of drug-likeness (QED) is 0.663. The minimum atomic E-state index is -0.0764. The summed E-state index contributed by atoms with van der Waals surface area (Å²) in [6, 6.07) is 9.30. The lowest BCUT2D eigenvalue weighted by Crippen LogP contribution is -2.24. The summed E-state index contributed by atoms with van der Waals surface area (Å²) in [7, 11) is 1.89. The van der Waals surface area contributed by atoms with Crippen LogP contribution in [0.4, 0.5) is 5.82 Å². The molecule has 0 aliphatic heterocycles. The Balaban J connectivity index is 2.38. The van der Waals surface area contributed by atoms with Gasteiger partial charge in [-0.25, -0.2) is 4.98 Å². The molecule has 0 saturated carbocycles. The third-order valence-electron chi connectivity index (χ3n) is 3.41. The van der Waals surface area contributed by atoms with E-state index >= 15 is 0 Å². The van der Waals surface area contributed by atoms with Gasteiger partial charge in [0.25, 0.3) is 0 Å². The first kappa shape index (κ1) is 15.6. The second-order valence-corrected chi connectivity index (χ2v) is 5.57. The van der Waals surface area contributed by atoms with E-state index in [2.05, 4.69) is 4.98 Å². The van der Waals surface area contributed by atoms with Gasteiger partial charge < -0.3 is 10.6 Å². The van der Waals surface area contributed by atoms with E-state index in [9.17, 15) is 0 Å². The lowest BCUT2D eigenvalue weighted by atomic mass is 10.1. The highest BCUT2D eigenvalue weighted by Crippen LogP contribution is 2.32. The number of hydrogen-bond acceptors (Lipinski definition) is 3. The van der Waals surface area contributed by atoms with Crippen LogP contribution in [0.15, 0.2) is 36.5 Å². The minimum Gasteiger partial charge on any atom is -0.384 e. The standard InChI is InChI=1S/C15H16Cl2N4/c1-9(10-4-3-5-11(16)8-10)21(2)15-13(17)12(14(18)19)6-7-20-15/h3-9H,1-2H3,(H3,18,19). The monoisotopic (exact) mass is 322 g/mol. The van der Waals surface area contributed by atoms with E-state index in [1.807, 2.05) is 43.1 Å². The number of nitrogen functional groups attached to an aromatic ring is 1. The number of anilines is 1. The Bertz CT molecular complexity index is 672. The van der Waals surface area contributed by atoms with Gasteiger partial charge in [0, 0.05) is 23.8 Å². The normalized spacial score (nSPS) is 12.0. The van der Waals surface area contributed by atoms with E-state index in [-0.39, 0.29) is 11.9 Å². The molecule has 0 bridgehead atoms. The van der Waals surface area contributed by atoms with E-state index in [0.717, 1.165) is 5.56 Å². The molecule has 1 aromatic carbocycles. The Labute approximate surface area is 134 Å². The zero-order valence-corrected chi connectivity index (χ0v) is 13.3. The number of aromatic nitrogens is 1. The molecule has 4 nitrogen and oxygen atoms in total. The van der Waals surface area contributed by atoms with Gasteiger partial charge in [-0.1, -0.05) is 35.3 Å². The van der Waals surface area contributed by atoms with Crippen molar-refractivity contribution in [2.75, 3.05) is 11.9 Å². The number of rotatable bonds is 4. The zero-order chi connectivity index (χ0) is 15.6. The highest BCUT2D eigenvalue weighted by atomic mass is 35.5. The number of amidine groups is 1. The summed E-state index contributed by atoms with van der Waals surface area (Å²) in [6.45, 7) is 2.03. The first-order valence-corrected chi connectivity index (χ1v) is 7.14. The number of halogens is 2. The maximum atomic E-state index is 7.54. The molecule has 0 spiro atoms. The highest BCUT2D eigenvalue weighted by Gasteiger charge is 2.18. The Morgan fingerprint density at radius 3 is 2.67 bits per heavy atom. The second-order valence-electron chi connectivity index (χ2n) is 4.75. The molecule has 0 amide bonds. The summed E-state index contributed by atoms with van der Waals surface area (Å²) >= 11 is 12.3. The van der Waals surface area contributed by atoms with Crippen molar-refractivity contribution in [3.63, 3.8) is 0 Å². The fraction of sp³-hybridized carbons (Fsp3) is 0.200. The number of pyridine rings is 1. The first-order valence-electron chi connectivity index (χ1n) is 6.39. The summed E-state index contributed by atoms with van der Waals surface area (Å²) in [4.78, 5) is 6.23. The molecule has 1 heterocycles. The van der Waals surface area contributed by atoms with E-state index in [0.29, 0.717) is 21.4 Å². The molecule has 1 unspecified atom stereocenters. The van der Waals surface area contributed by atoms with Gasteiger partial charge in [-0.15, -0.1) is 0 Å².